The molecule has 2 aromatic heterocycles. The van der Waals surface area contributed by atoms with Gasteiger partial charge in [0, 0.05) is 6.54 Å². The normalized spacial score (nSPS) is 14.2. The Morgan fingerprint density at radius 1 is 1.57 bits per heavy atom. The lowest BCUT2D eigenvalue weighted by Gasteiger charge is -2.15. The summed E-state index contributed by atoms with van der Waals surface area (Å²) in [6.07, 6.45) is 0.690. The zero-order valence-electron chi connectivity index (χ0n) is 10.8. The van der Waals surface area contributed by atoms with Crippen molar-refractivity contribution in [3.8, 4) is 0 Å². The monoisotopic (exact) mass is 315 g/mol. The molecule has 7 N–H and O–H groups in total. The molecule has 2 aromatic rings. The van der Waals surface area contributed by atoms with E-state index in [-0.39, 0.29) is 30.6 Å². The van der Waals surface area contributed by atoms with E-state index in [0.717, 1.165) is 0 Å². The maximum Gasteiger partial charge on any atom is 0.292 e. The number of amidine groups is 1. The average Bonchev–Trinajstić information content (AvgIpc) is 2.75. The Balaban J connectivity index is 2.18. The van der Waals surface area contributed by atoms with Gasteiger partial charge < -0.3 is 29.4 Å². The molecule has 0 bridgehead atoms. The van der Waals surface area contributed by atoms with E-state index < -0.39 is 13.9 Å². The molecule has 12 heteroatoms. The summed E-state index contributed by atoms with van der Waals surface area (Å²) in [4.78, 5) is 31.1. The molecule has 2 rings (SSSR count). The highest BCUT2D eigenvalue weighted by molar-refractivity contribution is 7.50. The number of nitrogens with zero attached hydrogens (tertiary/aromatic N) is 4. The molecule has 0 aliphatic heterocycles. The van der Waals surface area contributed by atoms with Crippen LogP contribution in [0.5, 0.6) is 0 Å². The van der Waals surface area contributed by atoms with Crippen LogP contribution in [-0.2, 0) is 15.8 Å². The van der Waals surface area contributed by atoms with Crippen LogP contribution in [0.4, 0.5) is 5.95 Å². The zero-order chi connectivity index (χ0) is 15.6. The van der Waals surface area contributed by atoms with Gasteiger partial charge in [-0.05, 0) is 0 Å². The predicted octanol–water partition coefficient (Wildman–Crippen LogP) is -3.61. The molecule has 0 fully saturated rings. The second kappa shape index (κ2) is 5.74. The van der Waals surface area contributed by atoms with Gasteiger partial charge >= 0.3 is 0 Å². The number of hydrogen-bond donors (Lipinski definition) is 4. The topological polar surface area (TPSA) is 191 Å². The molecule has 0 saturated heterocycles. The third-order valence-electron chi connectivity index (χ3n) is 2.49. The highest BCUT2D eigenvalue weighted by Gasteiger charge is 2.16. The van der Waals surface area contributed by atoms with Crippen molar-refractivity contribution in [3.05, 3.63) is 12.0 Å². The van der Waals surface area contributed by atoms with Crippen LogP contribution < -0.4 is 21.8 Å². The van der Waals surface area contributed by atoms with Crippen molar-refractivity contribution < 1.29 is 24.5 Å². The van der Waals surface area contributed by atoms with Gasteiger partial charge in [0.2, 0.25) is 5.95 Å². The van der Waals surface area contributed by atoms with E-state index in [0.29, 0.717) is 11.2 Å². The fraction of sp³-hybridized carbons (Fsp3) is 0.333. The van der Waals surface area contributed by atoms with Crippen molar-refractivity contribution in [1.82, 2.24) is 19.5 Å². The molecular formula is C9H14N7O4P. The van der Waals surface area contributed by atoms with Gasteiger partial charge in [0.1, 0.15) is 11.9 Å². The highest BCUT2D eigenvalue weighted by Crippen LogP contribution is 2.28. The van der Waals surface area contributed by atoms with Gasteiger partial charge in [-0.3, -0.25) is 11.1 Å². The SMILES string of the molecule is NC(=[NH2+])c1nc(N)nc2c1ncn2CCOCP(=O)([O-])O. The molecular weight excluding hydrogens is 301 g/mol. The van der Waals surface area contributed by atoms with Crippen LogP contribution in [0.1, 0.15) is 5.69 Å². The Morgan fingerprint density at radius 3 is 2.90 bits per heavy atom. The number of nitrogens with two attached hydrogens (primary N) is 3. The lowest BCUT2D eigenvalue weighted by molar-refractivity contribution is -0.198. The third kappa shape index (κ3) is 3.73. The molecule has 1 unspecified atom stereocenters. The summed E-state index contributed by atoms with van der Waals surface area (Å²) in [6, 6.07) is 0. The zero-order valence-corrected chi connectivity index (χ0v) is 11.7. The van der Waals surface area contributed by atoms with Crippen molar-refractivity contribution in [2.24, 2.45) is 5.73 Å². The fourth-order valence-corrected chi connectivity index (χ4v) is 2.03. The van der Waals surface area contributed by atoms with Crippen LogP contribution >= 0.6 is 7.60 Å². The van der Waals surface area contributed by atoms with Gasteiger partial charge in [0.15, 0.2) is 18.9 Å². The number of aromatic nitrogens is 4. The van der Waals surface area contributed by atoms with E-state index >= 15 is 0 Å². The first-order chi connectivity index (χ1) is 9.78. The lowest BCUT2D eigenvalue weighted by Crippen LogP contribution is -2.47. The van der Waals surface area contributed by atoms with E-state index in [1.165, 1.54) is 6.33 Å². The van der Waals surface area contributed by atoms with E-state index in [9.17, 15) is 9.46 Å². The van der Waals surface area contributed by atoms with Crippen molar-refractivity contribution in [1.29, 1.82) is 0 Å². The molecule has 0 spiro atoms. The van der Waals surface area contributed by atoms with Gasteiger partial charge in [-0.25, -0.2) is 9.97 Å². The molecule has 0 amide bonds. The quantitative estimate of drug-likeness (QED) is 0.180. The van der Waals surface area contributed by atoms with Crippen LogP contribution in [-0.4, -0.2) is 43.2 Å². The van der Waals surface area contributed by atoms with Crippen LogP contribution in [0.2, 0.25) is 0 Å². The van der Waals surface area contributed by atoms with Crippen molar-refractivity contribution in [3.63, 3.8) is 0 Å². The van der Waals surface area contributed by atoms with Crippen LogP contribution in [0.15, 0.2) is 6.33 Å². The summed E-state index contributed by atoms with van der Waals surface area (Å²) in [7, 11) is -4.43. The van der Waals surface area contributed by atoms with Gasteiger partial charge in [-0.2, -0.15) is 4.98 Å². The maximum absolute atomic E-state index is 10.5. The third-order valence-corrected chi connectivity index (χ3v) is 2.99. The summed E-state index contributed by atoms with van der Waals surface area (Å²) in [5.74, 6) is -0.0591. The van der Waals surface area contributed by atoms with Crippen molar-refractivity contribution in [2.75, 3.05) is 18.7 Å². The van der Waals surface area contributed by atoms with Gasteiger partial charge in [0.05, 0.1) is 12.9 Å². The number of rotatable bonds is 6. The minimum Gasteiger partial charge on any atom is -0.777 e. The van der Waals surface area contributed by atoms with Crippen molar-refractivity contribution >= 4 is 30.5 Å². The van der Waals surface area contributed by atoms with Crippen LogP contribution in [0.25, 0.3) is 11.2 Å². The Morgan fingerprint density at radius 2 is 2.29 bits per heavy atom. The summed E-state index contributed by atoms with van der Waals surface area (Å²) >= 11 is 0. The average molecular weight is 315 g/mol. The largest absolute Gasteiger partial charge is 0.777 e. The molecule has 0 aliphatic rings. The summed E-state index contributed by atoms with van der Waals surface area (Å²) in [6.45, 7) is 0.274. The first kappa shape index (κ1) is 15.3. The molecule has 0 saturated carbocycles. The number of nitrogen functional groups attached to an aromatic ring is 1. The molecule has 114 valence electrons. The van der Waals surface area contributed by atoms with Crippen LogP contribution in [0.3, 0.4) is 0 Å². The highest BCUT2D eigenvalue weighted by atomic mass is 31.2. The van der Waals surface area contributed by atoms with Gasteiger partial charge in [0.25, 0.3) is 5.84 Å². The molecule has 1 atom stereocenters. The fourth-order valence-electron chi connectivity index (χ4n) is 1.67. The molecule has 2 heterocycles. The molecule has 21 heavy (non-hydrogen) atoms. The van der Waals surface area contributed by atoms with E-state index in [1.54, 1.807) is 4.57 Å². The van der Waals surface area contributed by atoms with E-state index in [2.05, 4.69) is 15.0 Å². The smallest absolute Gasteiger partial charge is 0.292 e. The number of hydrogen-bond acceptors (Lipinski definition) is 7. The molecule has 0 aliphatic carbocycles. The van der Waals surface area contributed by atoms with E-state index in [1.807, 2.05) is 0 Å². The Labute approximate surface area is 118 Å². The Hall–Kier alpha value is -2.07. The summed E-state index contributed by atoms with van der Waals surface area (Å²) < 4.78 is 16.9. The second-order valence-electron chi connectivity index (χ2n) is 4.17. The maximum atomic E-state index is 10.5. The Kier molecular flexibility index (Phi) is 4.19. The lowest BCUT2D eigenvalue weighted by atomic mass is 10.3. The molecule has 0 aromatic carbocycles. The van der Waals surface area contributed by atoms with Gasteiger partial charge in [-0.15, -0.1) is 0 Å². The van der Waals surface area contributed by atoms with E-state index in [4.69, 9.17) is 26.5 Å². The predicted molar refractivity (Wildman–Crippen MR) is 70.6 cm³/mol. The van der Waals surface area contributed by atoms with Crippen molar-refractivity contribution in [2.45, 2.75) is 6.54 Å². The number of anilines is 1. The summed E-state index contributed by atoms with van der Waals surface area (Å²) in [5, 5.41) is 5.51. The number of ether oxygens (including phenoxy) is 1. The second-order valence-corrected chi connectivity index (χ2v) is 5.70. The van der Waals surface area contributed by atoms with Gasteiger partial charge in [-0.1, -0.05) is 0 Å². The molecule has 11 nitrogen and oxygen atoms in total. The number of fused-ring (bicyclic) bond motifs is 1. The number of imidazole rings is 1. The minimum absolute atomic E-state index is 0.0204. The first-order valence-corrected chi connectivity index (χ1v) is 7.51. The first-order valence-electron chi connectivity index (χ1n) is 5.75. The Bertz CT molecular complexity index is 724. The molecule has 0 radical (unpaired) electrons. The minimum atomic E-state index is -4.43. The summed E-state index contributed by atoms with van der Waals surface area (Å²) in [5.41, 5.74) is 12.1. The standard InChI is InChI=1S/C9H14N7O4P/c10-7(11)5-6-8(15-9(12)14-5)16(3-13-6)1-2-20-4-21(17,18)19/h3H,1-2,4H2,(H3,10,11)(H2,12,14,15)(H2,17,18,19). The van der Waals surface area contributed by atoms with Crippen LogP contribution in [0, 0.1) is 0 Å².